The fraction of sp³-hybridized carbons (Fsp3) is 0.591. The van der Waals surface area contributed by atoms with Crippen molar-refractivity contribution in [1.29, 1.82) is 0 Å². The molecule has 28 heavy (non-hydrogen) atoms. The van der Waals surface area contributed by atoms with Crippen LogP contribution in [0.15, 0.2) is 30.6 Å². The molecular weight excluding hydrogens is 350 g/mol. The fourth-order valence-electron chi connectivity index (χ4n) is 5.33. The van der Waals surface area contributed by atoms with E-state index in [1.54, 1.807) is 0 Å². The summed E-state index contributed by atoms with van der Waals surface area (Å²) in [4.78, 5) is 22.4. The van der Waals surface area contributed by atoms with Crippen molar-refractivity contribution in [3.05, 3.63) is 36.2 Å². The van der Waals surface area contributed by atoms with Crippen molar-refractivity contribution < 1.29 is 4.79 Å². The van der Waals surface area contributed by atoms with Gasteiger partial charge in [0.05, 0.1) is 5.56 Å². The van der Waals surface area contributed by atoms with Crippen LogP contribution in [0.2, 0.25) is 0 Å². The van der Waals surface area contributed by atoms with E-state index in [1.807, 2.05) is 24.3 Å². The van der Waals surface area contributed by atoms with Gasteiger partial charge in [0.15, 0.2) is 5.82 Å². The van der Waals surface area contributed by atoms with Gasteiger partial charge < -0.3 is 9.80 Å². The largest absolute Gasteiger partial charge is 0.338 e. The number of benzene rings is 1. The smallest absolute Gasteiger partial charge is 0.254 e. The van der Waals surface area contributed by atoms with E-state index in [0.29, 0.717) is 11.2 Å². The molecule has 1 aliphatic carbocycles. The van der Waals surface area contributed by atoms with Gasteiger partial charge in [-0.3, -0.25) is 9.89 Å². The Morgan fingerprint density at radius 2 is 2.04 bits per heavy atom. The number of hydrogen-bond acceptors (Lipinski definition) is 4. The van der Waals surface area contributed by atoms with Gasteiger partial charge in [0.1, 0.15) is 6.33 Å². The minimum Gasteiger partial charge on any atom is -0.338 e. The van der Waals surface area contributed by atoms with E-state index >= 15 is 0 Å². The maximum Gasteiger partial charge on any atom is 0.254 e. The number of aromatic nitrogens is 3. The van der Waals surface area contributed by atoms with Crippen molar-refractivity contribution in [2.75, 3.05) is 32.7 Å². The molecule has 0 bridgehead atoms. The van der Waals surface area contributed by atoms with E-state index in [2.05, 4.69) is 25.0 Å². The van der Waals surface area contributed by atoms with Crippen molar-refractivity contribution in [1.82, 2.24) is 25.0 Å². The highest BCUT2D eigenvalue weighted by molar-refractivity contribution is 6.00. The SMILES string of the molecule is O=C(c1ccccc1-c1ncn[nH]1)N1CC[C@]2(CCCN(CC3CCC3)C2)C1. The number of rotatable bonds is 4. The maximum atomic E-state index is 13.4. The predicted molar refractivity (Wildman–Crippen MR) is 108 cm³/mol. The number of likely N-dealkylation sites (tertiary alicyclic amines) is 2. The summed E-state index contributed by atoms with van der Waals surface area (Å²) in [6, 6.07) is 7.73. The lowest BCUT2D eigenvalue weighted by molar-refractivity contribution is 0.0595. The summed E-state index contributed by atoms with van der Waals surface area (Å²) in [5, 5.41) is 6.83. The van der Waals surface area contributed by atoms with Crippen LogP contribution in [0.3, 0.4) is 0 Å². The molecule has 1 aromatic heterocycles. The molecule has 6 nitrogen and oxygen atoms in total. The Morgan fingerprint density at radius 1 is 1.14 bits per heavy atom. The van der Waals surface area contributed by atoms with Crippen LogP contribution in [0.25, 0.3) is 11.4 Å². The molecule has 3 aliphatic rings. The number of aromatic amines is 1. The third kappa shape index (κ3) is 3.34. The average molecular weight is 380 g/mol. The predicted octanol–water partition coefficient (Wildman–Crippen LogP) is 3.20. The van der Waals surface area contributed by atoms with Crippen molar-refractivity contribution >= 4 is 5.91 Å². The first kappa shape index (κ1) is 17.9. The van der Waals surface area contributed by atoms with Gasteiger partial charge >= 0.3 is 0 Å². The molecule has 1 atom stereocenters. The number of carbonyl (C=O) groups excluding carboxylic acids is 1. The van der Waals surface area contributed by atoms with E-state index in [0.717, 1.165) is 43.1 Å². The highest BCUT2D eigenvalue weighted by Crippen LogP contribution is 2.41. The molecule has 2 aliphatic heterocycles. The molecule has 1 saturated carbocycles. The second-order valence-electron chi connectivity index (χ2n) is 8.99. The molecular formula is C22H29N5O. The lowest BCUT2D eigenvalue weighted by Crippen LogP contribution is -2.47. The molecule has 1 aromatic carbocycles. The van der Waals surface area contributed by atoms with E-state index in [1.165, 1.54) is 51.5 Å². The zero-order valence-electron chi connectivity index (χ0n) is 16.4. The number of H-pyrrole nitrogens is 1. The Balaban J connectivity index is 1.30. The van der Waals surface area contributed by atoms with Gasteiger partial charge in [-0.05, 0) is 50.6 Å². The number of nitrogens with zero attached hydrogens (tertiary/aromatic N) is 4. The average Bonchev–Trinajstić information content (AvgIpc) is 3.35. The Hall–Kier alpha value is -2.21. The topological polar surface area (TPSA) is 65.1 Å². The third-order valence-corrected chi connectivity index (χ3v) is 7.03. The molecule has 1 amide bonds. The molecule has 148 valence electrons. The summed E-state index contributed by atoms with van der Waals surface area (Å²) in [7, 11) is 0. The Morgan fingerprint density at radius 3 is 2.82 bits per heavy atom. The lowest BCUT2D eigenvalue weighted by Gasteiger charge is -2.43. The van der Waals surface area contributed by atoms with Crippen LogP contribution in [0, 0.1) is 11.3 Å². The number of nitrogens with one attached hydrogen (secondary N) is 1. The summed E-state index contributed by atoms with van der Waals surface area (Å²) >= 11 is 0. The molecule has 0 radical (unpaired) electrons. The summed E-state index contributed by atoms with van der Waals surface area (Å²) in [6.07, 6.45) is 9.37. The number of hydrogen-bond donors (Lipinski definition) is 1. The minimum atomic E-state index is 0.125. The van der Waals surface area contributed by atoms with Gasteiger partial charge in [0.2, 0.25) is 0 Å². The monoisotopic (exact) mass is 379 g/mol. The maximum absolute atomic E-state index is 13.4. The number of carbonyl (C=O) groups is 1. The molecule has 1 N–H and O–H groups in total. The molecule has 3 heterocycles. The Bertz CT molecular complexity index is 831. The minimum absolute atomic E-state index is 0.125. The highest BCUT2D eigenvalue weighted by Gasteiger charge is 2.43. The van der Waals surface area contributed by atoms with Gasteiger partial charge in [-0.15, -0.1) is 0 Å². The van der Waals surface area contributed by atoms with Crippen LogP contribution >= 0.6 is 0 Å². The normalized spacial score (nSPS) is 25.9. The Labute approximate surface area is 166 Å². The first-order valence-electron chi connectivity index (χ1n) is 10.7. The highest BCUT2D eigenvalue weighted by atomic mass is 16.2. The van der Waals surface area contributed by atoms with Crippen molar-refractivity contribution in [3.63, 3.8) is 0 Å². The first-order valence-corrected chi connectivity index (χ1v) is 10.7. The molecule has 3 fully saturated rings. The fourth-order valence-corrected chi connectivity index (χ4v) is 5.33. The van der Waals surface area contributed by atoms with Gasteiger partial charge in [0.25, 0.3) is 5.91 Å². The summed E-state index contributed by atoms with van der Waals surface area (Å²) in [6.45, 7) is 5.42. The van der Waals surface area contributed by atoms with Crippen molar-refractivity contribution in [2.45, 2.75) is 38.5 Å². The Kier molecular flexibility index (Phi) is 4.67. The first-order chi connectivity index (χ1) is 13.7. The van der Waals surface area contributed by atoms with Crippen LogP contribution in [0.1, 0.15) is 48.9 Å². The van der Waals surface area contributed by atoms with Crippen LogP contribution < -0.4 is 0 Å². The lowest BCUT2D eigenvalue weighted by atomic mass is 9.78. The van der Waals surface area contributed by atoms with Crippen LogP contribution in [-0.4, -0.2) is 63.6 Å². The van der Waals surface area contributed by atoms with Gasteiger partial charge in [0, 0.05) is 37.2 Å². The number of amides is 1. The van der Waals surface area contributed by atoms with E-state index in [9.17, 15) is 4.79 Å². The molecule has 5 rings (SSSR count). The van der Waals surface area contributed by atoms with Gasteiger partial charge in [-0.1, -0.05) is 24.6 Å². The van der Waals surface area contributed by atoms with Gasteiger partial charge in [-0.2, -0.15) is 5.10 Å². The third-order valence-electron chi connectivity index (χ3n) is 7.03. The molecule has 1 spiro atoms. The summed E-state index contributed by atoms with van der Waals surface area (Å²) in [5.74, 6) is 1.70. The van der Waals surface area contributed by atoms with Crippen molar-refractivity contribution in [3.8, 4) is 11.4 Å². The molecule has 0 unspecified atom stereocenters. The number of piperidine rings is 1. The zero-order valence-corrected chi connectivity index (χ0v) is 16.4. The molecule has 6 heteroatoms. The van der Waals surface area contributed by atoms with Crippen LogP contribution in [-0.2, 0) is 0 Å². The quantitative estimate of drug-likeness (QED) is 0.886. The second-order valence-corrected chi connectivity index (χ2v) is 8.99. The molecule has 2 aromatic rings. The van der Waals surface area contributed by atoms with E-state index in [-0.39, 0.29) is 5.91 Å². The van der Waals surface area contributed by atoms with Crippen LogP contribution in [0.5, 0.6) is 0 Å². The van der Waals surface area contributed by atoms with E-state index in [4.69, 9.17) is 0 Å². The van der Waals surface area contributed by atoms with Crippen LogP contribution in [0.4, 0.5) is 0 Å². The zero-order chi connectivity index (χ0) is 19.0. The standard InChI is InChI=1S/C22H29N5O/c28-21(19-8-2-1-7-18(19)20-23-16-24-25-20)27-12-10-22(15-27)9-4-11-26(14-22)13-17-5-3-6-17/h1-2,7-8,16-17H,3-6,9-15H2,(H,23,24,25)/t22-/m0/s1. The summed E-state index contributed by atoms with van der Waals surface area (Å²) < 4.78 is 0. The van der Waals surface area contributed by atoms with Gasteiger partial charge in [-0.25, -0.2) is 4.98 Å². The summed E-state index contributed by atoms with van der Waals surface area (Å²) in [5.41, 5.74) is 1.85. The van der Waals surface area contributed by atoms with E-state index < -0.39 is 0 Å². The van der Waals surface area contributed by atoms with Crippen molar-refractivity contribution in [2.24, 2.45) is 11.3 Å². The molecule has 2 saturated heterocycles. The second kappa shape index (κ2) is 7.32.